The normalized spacial score (nSPS) is 11.0. The summed E-state index contributed by atoms with van der Waals surface area (Å²) in [5.74, 6) is -1.81. The highest BCUT2D eigenvalue weighted by molar-refractivity contribution is 9.10. The van der Waals surface area contributed by atoms with Gasteiger partial charge in [0.1, 0.15) is 10.7 Å². The maximum Gasteiger partial charge on any atom is 0.183 e. The molecule has 0 bridgehead atoms. The van der Waals surface area contributed by atoms with Crippen molar-refractivity contribution in [3.63, 3.8) is 0 Å². The van der Waals surface area contributed by atoms with Gasteiger partial charge in [-0.15, -0.1) is 0 Å². The third-order valence-electron chi connectivity index (χ3n) is 3.42. The summed E-state index contributed by atoms with van der Waals surface area (Å²) < 4.78 is 29.0. The van der Waals surface area contributed by atoms with E-state index in [0.717, 1.165) is 0 Å². The summed E-state index contributed by atoms with van der Waals surface area (Å²) >= 11 is 8.31. The summed E-state index contributed by atoms with van der Waals surface area (Å²) in [6.45, 7) is 0. The van der Waals surface area contributed by atoms with Gasteiger partial charge in [-0.2, -0.15) is 0 Å². The van der Waals surface area contributed by atoms with Crippen molar-refractivity contribution in [1.29, 1.82) is 0 Å². The van der Waals surface area contributed by atoms with Gasteiger partial charge in [0.15, 0.2) is 11.6 Å². The van der Waals surface area contributed by atoms with Crippen LogP contribution in [0.5, 0.6) is 0 Å². The van der Waals surface area contributed by atoms with Crippen molar-refractivity contribution in [3.8, 4) is 0 Å². The Morgan fingerprint density at radius 2 is 2.09 bits per heavy atom. The van der Waals surface area contributed by atoms with Crippen LogP contribution < -0.4 is 5.73 Å². The van der Waals surface area contributed by atoms with Crippen LogP contribution in [0.4, 0.5) is 8.78 Å². The molecule has 0 atom stereocenters. The molecule has 112 valence electrons. The molecule has 0 fully saturated rings. The van der Waals surface area contributed by atoms with Crippen LogP contribution in [0.15, 0.2) is 35.1 Å². The minimum Gasteiger partial charge on any atom is -0.388 e. The average Bonchev–Trinajstić information content (AvgIpc) is 2.99. The number of fused-ring (bicyclic) bond motifs is 1. The smallest absolute Gasteiger partial charge is 0.183 e. The number of nitrogens with two attached hydrogens (primary N) is 1. The van der Waals surface area contributed by atoms with Crippen molar-refractivity contribution in [1.82, 2.24) is 9.97 Å². The highest BCUT2D eigenvalue weighted by atomic mass is 79.9. The van der Waals surface area contributed by atoms with E-state index in [1.165, 1.54) is 0 Å². The van der Waals surface area contributed by atoms with E-state index < -0.39 is 11.6 Å². The van der Waals surface area contributed by atoms with Crippen molar-refractivity contribution in [3.05, 3.63) is 63.5 Å². The number of H-pyrrole nitrogens is 1. The van der Waals surface area contributed by atoms with Crippen molar-refractivity contribution < 1.29 is 8.78 Å². The zero-order chi connectivity index (χ0) is 15.9. The standard InChI is InChI=1S/C15H10BrF2N3S/c16-10-8-3-5-21-14(8)12(18)11(17)9(10)6-7-2-1-4-20-13(7)15(19)22/h1-5,21H,6H2,(H2,19,22). The molecular formula is C15H10BrF2N3S. The Hall–Kier alpha value is -1.86. The molecule has 2 aromatic heterocycles. The van der Waals surface area contributed by atoms with E-state index >= 15 is 0 Å². The molecule has 3 rings (SSSR count). The van der Waals surface area contributed by atoms with E-state index in [0.29, 0.717) is 21.1 Å². The topological polar surface area (TPSA) is 54.7 Å². The van der Waals surface area contributed by atoms with Crippen LogP contribution in [-0.2, 0) is 6.42 Å². The van der Waals surface area contributed by atoms with E-state index in [2.05, 4.69) is 25.9 Å². The Kier molecular flexibility index (Phi) is 3.92. The second-order valence-corrected chi connectivity index (χ2v) is 5.97. The molecule has 7 heteroatoms. The molecule has 3 aromatic rings. The number of halogens is 3. The molecule has 0 saturated carbocycles. The van der Waals surface area contributed by atoms with Gasteiger partial charge in [0.2, 0.25) is 0 Å². The zero-order valence-electron chi connectivity index (χ0n) is 11.2. The number of rotatable bonds is 3. The van der Waals surface area contributed by atoms with E-state index in [9.17, 15) is 8.78 Å². The summed E-state index contributed by atoms with van der Waals surface area (Å²) in [5.41, 5.74) is 7.03. The van der Waals surface area contributed by atoms with Crippen molar-refractivity contribution in [2.45, 2.75) is 6.42 Å². The number of aromatic nitrogens is 2. The molecule has 0 unspecified atom stereocenters. The number of hydrogen-bond acceptors (Lipinski definition) is 2. The number of benzene rings is 1. The lowest BCUT2D eigenvalue weighted by Crippen LogP contribution is -2.15. The van der Waals surface area contributed by atoms with Crippen LogP contribution in [0.2, 0.25) is 0 Å². The molecule has 0 radical (unpaired) electrons. The highest BCUT2D eigenvalue weighted by Gasteiger charge is 2.20. The van der Waals surface area contributed by atoms with Gasteiger partial charge in [0.05, 0.1) is 5.52 Å². The van der Waals surface area contributed by atoms with E-state index in [4.69, 9.17) is 18.0 Å². The van der Waals surface area contributed by atoms with Crippen LogP contribution in [0, 0.1) is 11.6 Å². The second-order valence-electron chi connectivity index (χ2n) is 4.74. The zero-order valence-corrected chi connectivity index (χ0v) is 13.6. The first-order valence-electron chi connectivity index (χ1n) is 6.36. The van der Waals surface area contributed by atoms with Gasteiger partial charge in [0.25, 0.3) is 0 Å². The predicted molar refractivity (Wildman–Crippen MR) is 88.8 cm³/mol. The lowest BCUT2D eigenvalue weighted by molar-refractivity contribution is 0.507. The first-order chi connectivity index (χ1) is 10.5. The molecular weight excluding hydrogens is 372 g/mol. The molecule has 0 amide bonds. The van der Waals surface area contributed by atoms with Gasteiger partial charge in [-0.3, -0.25) is 4.98 Å². The quantitative estimate of drug-likeness (QED) is 0.535. The Bertz CT molecular complexity index is 892. The van der Waals surface area contributed by atoms with Crippen LogP contribution in [0.1, 0.15) is 16.8 Å². The second kappa shape index (κ2) is 5.73. The van der Waals surface area contributed by atoms with Crippen LogP contribution in [0.25, 0.3) is 10.9 Å². The summed E-state index contributed by atoms with van der Waals surface area (Å²) in [6, 6.07) is 5.13. The summed E-state index contributed by atoms with van der Waals surface area (Å²) in [7, 11) is 0. The predicted octanol–water partition coefficient (Wildman–Crippen LogP) is 3.83. The van der Waals surface area contributed by atoms with Crippen molar-refractivity contribution >= 4 is 44.0 Å². The number of hydrogen-bond donors (Lipinski definition) is 2. The van der Waals surface area contributed by atoms with Crippen LogP contribution in [-0.4, -0.2) is 15.0 Å². The van der Waals surface area contributed by atoms with E-state index in [-0.39, 0.29) is 22.5 Å². The fourth-order valence-electron chi connectivity index (χ4n) is 2.38. The first kappa shape index (κ1) is 15.1. The van der Waals surface area contributed by atoms with Gasteiger partial charge in [-0.1, -0.05) is 18.3 Å². The van der Waals surface area contributed by atoms with Crippen molar-refractivity contribution in [2.75, 3.05) is 0 Å². The monoisotopic (exact) mass is 381 g/mol. The van der Waals surface area contributed by atoms with Gasteiger partial charge in [-0.25, -0.2) is 8.78 Å². The fraction of sp³-hybridized carbons (Fsp3) is 0.0667. The maximum atomic E-state index is 14.4. The lowest BCUT2D eigenvalue weighted by atomic mass is 10.0. The summed E-state index contributed by atoms with van der Waals surface area (Å²) in [5, 5.41) is 0.578. The minimum atomic E-state index is -0.904. The van der Waals surface area contributed by atoms with E-state index in [1.54, 1.807) is 30.6 Å². The average molecular weight is 382 g/mol. The fourth-order valence-corrected chi connectivity index (χ4v) is 3.21. The largest absolute Gasteiger partial charge is 0.388 e. The van der Waals surface area contributed by atoms with Gasteiger partial charge >= 0.3 is 0 Å². The molecule has 0 saturated heterocycles. The lowest BCUT2D eigenvalue weighted by Gasteiger charge is -2.11. The molecule has 0 aliphatic carbocycles. The number of aromatic amines is 1. The molecule has 3 nitrogen and oxygen atoms in total. The third-order valence-corrected chi connectivity index (χ3v) is 4.52. The Morgan fingerprint density at radius 3 is 2.82 bits per heavy atom. The van der Waals surface area contributed by atoms with Gasteiger partial charge in [-0.05, 0) is 33.6 Å². The number of thiocarbonyl (C=S) groups is 1. The number of nitrogens with zero attached hydrogens (tertiary/aromatic N) is 1. The van der Waals surface area contributed by atoms with Crippen LogP contribution in [0.3, 0.4) is 0 Å². The molecule has 2 heterocycles. The molecule has 1 aromatic carbocycles. The molecule has 3 N–H and O–H groups in total. The summed E-state index contributed by atoms with van der Waals surface area (Å²) in [6.07, 6.45) is 3.25. The van der Waals surface area contributed by atoms with E-state index in [1.807, 2.05) is 0 Å². The third kappa shape index (κ3) is 2.40. The molecule has 0 aliphatic heterocycles. The van der Waals surface area contributed by atoms with Gasteiger partial charge < -0.3 is 10.7 Å². The van der Waals surface area contributed by atoms with Crippen molar-refractivity contribution in [2.24, 2.45) is 5.73 Å². The minimum absolute atomic E-state index is 0.121. The highest BCUT2D eigenvalue weighted by Crippen LogP contribution is 2.33. The number of nitrogens with one attached hydrogen (secondary N) is 1. The molecule has 22 heavy (non-hydrogen) atoms. The van der Waals surface area contributed by atoms with Gasteiger partial charge in [0, 0.05) is 34.2 Å². The molecule has 0 aliphatic rings. The SMILES string of the molecule is NC(=S)c1ncccc1Cc1c(F)c(F)c2[nH]ccc2c1Br. The summed E-state index contributed by atoms with van der Waals surface area (Å²) in [4.78, 5) is 6.92. The maximum absolute atomic E-state index is 14.4. The Morgan fingerprint density at radius 1 is 1.32 bits per heavy atom. The number of pyridine rings is 1. The molecule has 0 spiro atoms. The first-order valence-corrected chi connectivity index (χ1v) is 7.57. The Balaban J connectivity index is 2.18. The Labute approximate surface area is 138 Å². The van der Waals surface area contributed by atoms with Crippen LogP contribution >= 0.6 is 28.1 Å².